The van der Waals surface area contributed by atoms with Crippen molar-refractivity contribution >= 4 is 5.91 Å². The molecule has 1 saturated heterocycles. The number of aromatic nitrogens is 1. The Hall–Kier alpha value is -2.24. The summed E-state index contributed by atoms with van der Waals surface area (Å²) in [7, 11) is 4.08. The molecule has 0 aliphatic carbocycles. The molecule has 1 aromatic heterocycles. The molecule has 5 heteroatoms. The van der Waals surface area contributed by atoms with Crippen LogP contribution in [0.25, 0.3) is 11.1 Å². The van der Waals surface area contributed by atoms with Crippen LogP contribution >= 0.6 is 0 Å². The fourth-order valence-electron chi connectivity index (χ4n) is 3.12. The van der Waals surface area contributed by atoms with Gasteiger partial charge in [-0.1, -0.05) is 24.3 Å². The maximum atomic E-state index is 12.6. The molecule has 25 heavy (non-hydrogen) atoms. The molecule has 0 unspecified atom stereocenters. The predicted octanol–water partition coefficient (Wildman–Crippen LogP) is 2.72. The van der Waals surface area contributed by atoms with Crippen LogP contribution in [0.15, 0.2) is 42.6 Å². The monoisotopic (exact) mass is 339 g/mol. The topological polar surface area (TPSA) is 54.5 Å². The van der Waals surface area contributed by atoms with Gasteiger partial charge in [-0.3, -0.25) is 9.78 Å². The number of benzene rings is 1. The minimum absolute atomic E-state index is 0.125. The normalized spacial score (nSPS) is 17.0. The highest BCUT2D eigenvalue weighted by atomic mass is 16.5. The molecule has 0 bridgehead atoms. The molecule has 1 amide bonds. The molecule has 0 radical (unpaired) electrons. The van der Waals surface area contributed by atoms with Crippen molar-refractivity contribution in [2.75, 3.05) is 27.2 Å². The van der Waals surface area contributed by atoms with Crippen molar-refractivity contribution in [3.05, 3.63) is 53.9 Å². The number of hydrogen-bond acceptors (Lipinski definition) is 4. The number of nitrogens with zero attached hydrogens (tertiary/aromatic N) is 2. The van der Waals surface area contributed by atoms with Gasteiger partial charge in [0.2, 0.25) is 0 Å². The number of hydrogen-bond donors (Lipinski definition) is 1. The number of rotatable bonds is 6. The summed E-state index contributed by atoms with van der Waals surface area (Å²) in [4.78, 5) is 19.1. The van der Waals surface area contributed by atoms with Gasteiger partial charge in [-0.25, -0.2) is 0 Å². The summed E-state index contributed by atoms with van der Waals surface area (Å²) < 4.78 is 5.57. The van der Waals surface area contributed by atoms with Crippen LogP contribution in [0.3, 0.4) is 0 Å². The van der Waals surface area contributed by atoms with Crippen molar-refractivity contribution in [1.29, 1.82) is 0 Å². The van der Waals surface area contributed by atoms with Gasteiger partial charge in [0.25, 0.3) is 5.91 Å². The molecule has 2 aromatic rings. The predicted molar refractivity (Wildman–Crippen MR) is 98.4 cm³/mol. The number of amides is 1. The Bertz CT molecular complexity index is 724. The van der Waals surface area contributed by atoms with Crippen LogP contribution in [0, 0.1) is 0 Å². The molecular formula is C20H25N3O2. The van der Waals surface area contributed by atoms with E-state index in [4.69, 9.17) is 4.74 Å². The number of ether oxygens (including phenoxy) is 1. The Morgan fingerprint density at radius 3 is 2.96 bits per heavy atom. The summed E-state index contributed by atoms with van der Waals surface area (Å²) >= 11 is 0. The number of nitrogens with one attached hydrogen (secondary N) is 1. The molecule has 2 heterocycles. The minimum Gasteiger partial charge on any atom is -0.376 e. The molecule has 1 aliphatic heterocycles. The largest absolute Gasteiger partial charge is 0.376 e. The van der Waals surface area contributed by atoms with Gasteiger partial charge in [0, 0.05) is 31.5 Å². The summed E-state index contributed by atoms with van der Waals surface area (Å²) in [6, 6.07) is 12.1. The van der Waals surface area contributed by atoms with Crippen molar-refractivity contribution in [2.45, 2.75) is 25.5 Å². The van der Waals surface area contributed by atoms with Crippen molar-refractivity contribution in [3.63, 3.8) is 0 Å². The van der Waals surface area contributed by atoms with Gasteiger partial charge in [-0.2, -0.15) is 0 Å². The zero-order valence-electron chi connectivity index (χ0n) is 14.9. The van der Waals surface area contributed by atoms with E-state index < -0.39 is 0 Å². The fraction of sp³-hybridized carbons (Fsp3) is 0.400. The van der Waals surface area contributed by atoms with Crippen LogP contribution in [-0.2, 0) is 11.3 Å². The lowest BCUT2D eigenvalue weighted by atomic mass is 10.0. The highest BCUT2D eigenvalue weighted by molar-refractivity contribution is 5.98. The van der Waals surface area contributed by atoms with E-state index in [-0.39, 0.29) is 12.0 Å². The lowest BCUT2D eigenvalue weighted by molar-refractivity contribution is 0.0854. The van der Waals surface area contributed by atoms with Gasteiger partial charge in [0.15, 0.2) is 0 Å². The molecular weight excluding hydrogens is 314 g/mol. The van der Waals surface area contributed by atoms with Gasteiger partial charge in [0.05, 0.1) is 6.10 Å². The first kappa shape index (κ1) is 17.6. The first-order valence-corrected chi connectivity index (χ1v) is 8.72. The van der Waals surface area contributed by atoms with E-state index in [1.54, 1.807) is 6.20 Å². The first-order chi connectivity index (χ1) is 12.1. The Kier molecular flexibility index (Phi) is 5.79. The van der Waals surface area contributed by atoms with E-state index in [1.807, 2.05) is 38.4 Å². The Balaban J connectivity index is 1.79. The summed E-state index contributed by atoms with van der Waals surface area (Å²) in [5.74, 6) is -0.149. The third kappa shape index (κ3) is 4.65. The van der Waals surface area contributed by atoms with E-state index in [0.717, 1.165) is 37.1 Å². The van der Waals surface area contributed by atoms with Crippen molar-refractivity contribution < 1.29 is 9.53 Å². The molecule has 1 aromatic carbocycles. The highest BCUT2D eigenvalue weighted by Crippen LogP contribution is 2.24. The molecule has 3 rings (SSSR count). The maximum absolute atomic E-state index is 12.6. The van der Waals surface area contributed by atoms with Crippen LogP contribution in [0.1, 0.15) is 28.9 Å². The summed E-state index contributed by atoms with van der Waals surface area (Å²) in [5.41, 5.74) is 3.53. The molecule has 132 valence electrons. The van der Waals surface area contributed by atoms with Crippen LogP contribution in [0.4, 0.5) is 0 Å². The molecule has 1 fully saturated rings. The highest BCUT2D eigenvalue weighted by Gasteiger charge is 2.19. The molecule has 1 N–H and O–H groups in total. The standard InChI is InChI=1S/C20H25N3O2/c1-23(2)14-15-6-3-7-16(12-15)18-9-4-10-21-19(18)20(24)22-13-17-8-5-11-25-17/h3-4,6-7,9-10,12,17H,5,8,11,13-14H2,1-2H3,(H,22,24)/t17-/m0/s1. The zero-order valence-corrected chi connectivity index (χ0v) is 14.9. The Morgan fingerprint density at radius 1 is 1.32 bits per heavy atom. The van der Waals surface area contributed by atoms with E-state index in [1.165, 1.54) is 5.56 Å². The maximum Gasteiger partial charge on any atom is 0.270 e. The third-order valence-electron chi connectivity index (χ3n) is 4.27. The minimum atomic E-state index is -0.149. The lowest BCUT2D eigenvalue weighted by Crippen LogP contribution is -2.32. The smallest absolute Gasteiger partial charge is 0.270 e. The van der Waals surface area contributed by atoms with Crippen LogP contribution < -0.4 is 5.32 Å². The van der Waals surface area contributed by atoms with Gasteiger partial charge in [-0.15, -0.1) is 0 Å². The number of pyridine rings is 1. The molecule has 1 atom stereocenters. The third-order valence-corrected chi connectivity index (χ3v) is 4.27. The average Bonchev–Trinajstić information content (AvgIpc) is 3.13. The Morgan fingerprint density at radius 2 is 2.20 bits per heavy atom. The van der Waals surface area contributed by atoms with Gasteiger partial charge < -0.3 is 15.0 Å². The summed E-state index contributed by atoms with van der Waals surface area (Å²) in [6.07, 6.45) is 3.85. The quantitative estimate of drug-likeness (QED) is 0.879. The molecule has 1 aliphatic rings. The van der Waals surface area contributed by atoms with Crippen LogP contribution in [0.5, 0.6) is 0 Å². The summed E-state index contributed by atoms with van der Waals surface area (Å²) in [5, 5.41) is 2.96. The number of carbonyl (C=O) groups excluding carboxylic acids is 1. The lowest BCUT2D eigenvalue weighted by Gasteiger charge is -2.14. The zero-order chi connectivity index (χ0) is 17.6. The van der Waals surface area contributed by atoms with Crippen LogP contribution in [0.2, 0.25) is 0 Å². The van der Waals surface area contributed by atoms with Gasteiger partial charge in [-0.05, 0) is 50.2 Å². The van der Waals surface area contributed by atoms with E-state index >= 15 is 0 Å². The molecule has 5 nitrogen and oxygen atoms in total. The average molecular weight is 339 g/mol. The van der Waals surface area contributed by atoms with Crippen molar-refractivity contribution in [2.24, 2.45) is 0 Å². The van der Waals surface area contributed by atoms with Crippen LogP contribution in [-0.4, -0.2) is 49.1 Å². The number of carbonyl (C=O) groups is 1. The first-order valence-electron chi connectivity index (χ1n) is 8.72. The van der Waals surface area contributed by atoms with E-state index in [9.17, 15) is 4.79 Å². The SMILES string of the molecule is CN(C)Cc1cccc(-c2cccnc2C(=O)NC[C@@H]2CCCO2)c1. The summed E-state index contributed by atoms with van der Waals surface area (Å²) in [6.45, 7) is 2.18. The Labute approximate surface area is 149 Å². The van der Waals surface area contributed by atoms with Gasteiger partial charge >= 0.3 is 0 Å². The fourth-order valence-corrected chi connectivity index (χ4v) is 3.12. The van der Waals surface area contributed by atoms with E-state index in [2.05, 4.69) is 27.3 Å². The van der Waals surface area contributed by atoms with Crippen molar-refractivity contribution in [3.8, 4) is 11.1 Å². The second-order valence-corrected chi connectivity index (χ2v) is 6.68. The van der Waals surface area contributed by atoms with Crippen molar-refractivity contribution in [1.82, 2.24) is 15.2 Å². The van der Waals surface area contributed by atoms with E-state index in [0.29, 0.717) is 12.2 Å². The second-order valence-electron chi connectivity index (χ2n) is 6.68. The molecule has 0 saturated carbocycles. The second kappa shape index (κ2) is 8.23. The molecule has 0 spiro atoms. The van der Waals surface area contributed by atoms with Gasteiger partial charge in [0.1, 0.15) is 5.69 Å².